The molecule has 3 aromatic rings. The van der Waals surface area contributed by atoms with Crippen LogP contribution in [0.1, 0.15) is 50.8 Å². The molecule has 1 aliphatic heterocycles. The topological polar surface area (TPSA) is 107 Å². The van der Waals surface area contributed by atoms with Crippen LogP contribution in [0, 0.1) is 0 Å². The number of piperidine rings is 1. The number of ether oxygens (including phenoxy) is 1. The first kappa shape index (κ1) is 32.4. The number of nitrogens with zero attached hydrogens (tertiary/aromatic N) is 1. The van der Waals surface area contributed by atoms with Crippen LogP contribution in [0.3, 0.4) is 0 Å². The number of phenols is 1. The number of phenolic OH excluding ortho intramolecular Hbond substituents is 1. The maximum absolute atomic E-state index is 12.0. The summed E-state index contributed by atoms with van der Waals surface area (Å²) in [7, 11) is -2.17. The van der Waals surface area contributed by atoms with Crippen LogP contribution >= 0.6 is 0 Å². The van der Waals surface area contributed by atoms with Gasteiger partial charge >= 0.3 is 0 Å². The van der Waals surface area contributed by atoms with Crippen LogP contribution in [0.5, 0.6) is 5.75 Å². The number of hydrogen-bond acceptors (Lipinski definition) is 7. The van der Waals surface area contributed by atoms with Crippen molar-refractivity contribution < 1.29 is 19.4 Å². The predicted octanol–water partition coefficient (Wildman–Crippen LogP) is 4.97. The van der Waals surface area contributed by atoms with Gasteiger partial charge in [0.15, 0.2) is 8.32 Å². The fourth-order valence-electron chi connectivity index (χ4n) is 5.22. The number of rotatable bonds is 13. The highest BCUT2D eigenvalue weighted by atomic mass is 28.4. The van der Waals surface area contributed by atoms with Crippen molar-refractivity contribution in [1.29, 1.82) is 0 Å². The highest BCUT2D eigenvalue weighted by Gasteiger charge is 2.40. The van der Waals surface area contributed by atoms with E-state index < -0.39 is 13.9 Å². The average molecular weight is 596 g/mol. The van der Waals surface area contributed by atoms with Crippen LogP contribution in [-0.4, -0.2) is 80.0 Å². The molecule has 2 heterocycles. The fraction of sp³-hybridized carbons (Fsp3) is 0.545. The molecule has 1 aliphatic rings. The van der Waals surface area contributed by atoms with E-state index in [4.69, 9.17) is 9.16 Å². The van der Waals surface area contributed by atoms with E-state index >= 15 is 0 Å². The van der Waals surface area contributed by atoms with E-state index in [1.54, 1.807) is 12.1 Å². The molecule has 9 heteroatoms. The third-order valence-corrected chi connectivity index (χ3v) is 13.5. The lowest BCUT2D eigenvalue weighted by molar-refractivity contribution is -0.0265. The second-order valence-electron chi connectivity index (χ2n) is 13.2. The highest BCUT2D eigenvalue weighted by Crippen LogP contribution is 2.41. The second kappa shape index (κ2) is 13.8. The summed E-state index contributed by atoms with van der Waals surface area (Å²) >= 11 is 0. The maximum Gasteiger partial charge on any atom is 0.248 e. The van der Waals surface area contributed by atoms with E-state index in [-0.39, 0.29) is 22.5 Å². The van der Waals surface area contributed by atoms with Crippen LogP contribution < -0.4 is 10.9 Å². The van der Waals surface area contributed by atoms with Crippen molar-refractivity contribution in [2.45, 2.75) is 69.9 Å². The fourth-order valence-corrected chi connectivity index (χ4v) is 6.50. The van der Waals surface area contributed by atoms with Crippen molar-refractivity contribution in [3.05, 3.63) is 76.1 Å². The summed E-state index contributed by atoms with van der Waals surface area (Å²) in [6, 6.07) is 17.1. The molecule has 0 unspecified atom stereocenters. The van der Waals surface area contributed by atoms with E-state index in [9.17, 15) is 15.0 Å². The monoisotopic (exact) mass is 595 g/mol. The Kier molecular flexibility index (Phi) is 10.7. The summed E-state index contributed by atoms with van der Waals surface area (Å²) in [6.45, 7) is 16.0. The molecule has 0 bridgehead atoms. The number of fused-ring (bicyclic) bond motifs is 1. The zero-order valence-corrected chi connectivity index (χ0v) is 26.9. The van der Waals surface area contributed by atoms with Crippen LogP contribution in [0.15, 0.2) is 59.4 Å². The number of aliphatic hydroxyl groups is 1. The molecule has 1 fully saturated rings. The average Bonchev–Trinajstić information content (AvgIpc) is 2.94. The van der Waals surface area contributed by atoms with Gasteiger partial charge < -0.3 is 34.6 Å². The van der Waals surface area contributed by atoms with Gasteiger partial charge in [-0.05, 0) is 60.7 Å². The van der Waals surface area contributed by atoms with Crippen molar-refractivity contribution in [3.63, 3.8) is 0 Å². The van der Waals surface area contributed by atoms with Gasteiger partial charge in [-0.3, -0.25) is 4.79 Å². The van der Waals surface area contributed by atoms with Gasteiger partial charge in [0.25, 0.3) is 0 Å². The van der Waals surface area contributed by atoms with Crippen molar-refractivity contribution in [3.8, 4) is 5.75 Å². The first-order valence-electron chi connectivity index (χ1n) is 15.2. The lowest BCUT2D eigenvalue weighted by Crippen LogP contribution is -2.51. The van der Waals surface area contributed by atoms with Crippen molar-refractivity contribution in [2.24, 2.45) is 0 Å². The summed E-state index contributed by atoms with van der Waals surface area (Å²) in [5.74, 6) is 0.0353. The minimum Gasteiger partial charge on any atom is -0.506 e. The molecule has 0 saturated carbocycles. The summed E-state index contributed by atoms with van der Waals surface area (Å²) in [4.78, 5) is 17.1. The number of aromatic nitrogens is 1. The number of benzene rings is 2. The molecular weight excluding hydrogens is 546 g/mol. The predicted molar refractivity (Wildman–Crippen MR) is 172 cm³/mol. The van der Waals surface area contributed by atoms with Gasteiger partial charge in [0.1, 0.15) is 5.75 Å². The van der Waals surface area contributed by atoms with Gasteiger partial charge in [0.2, 0.25) is 5.56 Å². The normalized spacial score (nSPS) is 17.0. The number of hydrogen-bond donors (Lipinski definition) is 4. The zero-order valence-electron chi connectivity index (χ0n) is 25.9. The lowest BCUT2D eigenvalue weighted by Gasteiger charge is -2.41. The zero-order chi connectivity index (χ0) is 30.4. The lowest BCUT2D eigenvalue weighted by atomic mass is 9.91. The third kappa shape index (κ3) is 8.52. The largest absolute Gasteiger partial charge is 0.506 e. The minimum atomic E-state index is -2.17. The Hall–Kier alpha value is -2.53. The molecule has 0 aliphatic carbocycles. The van der Waals surface area contributed by atoms with Gasteiger partial charge in [0, 0.05) is 44.2 Å². The van der Waals surface area contributed by atoms with Crippen molar-refractivity contribution in [2.75, 3.05) is 45.9 Å². The molecule has 0 radical (unpaired) electrons. The molecule has 2 aromatic carbocycles. The third-order valence-electron chi connectivity index (χ3n) is 9.00. The first-order valence-corrected chi connectivity index (χ1v) is 18.1. The van der Waals surface area contributed by atoms with Crippen LogP contribution in [0.2, 0.25) is 18.1 Å². The molecule has 230 valence electrons. The van der Waals surface area contributed by atoms with Crippen LogP contribution in [-0.2, 0) is 15.6 Å². The number of pyridine rings is 1. The van der Waals surface area contributed by atoms with Gasteiger partial charge in [0.05, 0.1) is 30.4 Å². The number of H-pyrrole nitrogens is 1. The van der Waals surface area contributed by atoms with Crippen LogP contribution in [0.4, 0.5) is 0 Å². The quantitative estimate of drug-likeness (QED) is 0.163. The smallest absolute Gasteiger partial charge is 0.248 e. The van der Waals surface area contributed by atoms with Crippen LogP contribution in [0.25, 0.3) is 10.9 Å². The second-order valence-corrected chi connectivity index (χ2v) is 18.0. The molecule has 1 atom stereocenters. The van der Waals surface area contributed by atoms with Gasteiger partial charge in [-0.1, -0.05) is 57.2 Å². The summed E-state index contributed by atoms with van der Waals surface area (Å²) in [5, 5.41) is 26.1. The van der Waals surface area contributed by atoms with Crippen molar-refractivity contribution in [1.82, 2.24) is 15.2 Å². The van der Waals surface area contributed by atoms with E-state index in [1.807, 2.05) is 12.1 Å². The Balaban J connectivity index is 1.32. The van der Waals surface area contributed by atoms with Gasteiger partial charge in [-0.25, -0.2) is 0 Å². The van der Waals surface area contributed by atoms with E-state index in [1.165, 1.54) is 11.6 Å². The number of nitrogens with one attached hydrogen (secondary N) is 2. The molecule has 1 saturated heterocycles. The van der Waals surface area contributed by atoms with E-state index in [2.05, 4.69) is 73.3 Å². The molecule has 0 amide bonds. The van der Waals surface area contributed by atoms with Gasteiger partial charge in [-0.15, -0.1) is 0 Å². The number of aromatic hydroxyl groups is 1. The standard InChI is InChI=1S/C33H49N3O5Si/c1-32(2,3)42(4,5)41-29(26-11-13-28(37)31-27(26)12-14-30(38)35-31)23-34-24-33(39)16-18-36(19-17-33)20-22-40-21-15-25-9-7-6-8-10-25/h6-14,29,34,37,39H,15-24H2,1-5H3,(H,35,38)/t29-/m0/s1. The molecule has 0 spiro atoms. The Morgan fingerprint density at radius 1 is 1.05 bits per heavy atom. The van der Waals surface area contributed by atoms with Gasteiger partial charge in [-0.2, -0.15) is 0 Å². The van der Waals surface area contributed by atoms with Crippen molar-refractivity contribution >= 4 is 19.2 Å². The highest BCUT2D eigenvalue weighted by molar-refractivity contribution is 6.74. The Bertz CT molecular complexity index is 1350. The Morgan fingerprint density at radius 2 is 1.76 bits per heavy atom. The molecule has 1 aromatic heterocycles. The number of aromatic amines is 1. The summed E-state index contributed by atoms with van der Waals surface area (Å²) in [5.41, 5.74) is 1.57. The molecule has 4 rings (SSSR count). The summed E-state index contributed by atoms with van der Waals surface area (Å²) in [6.07, 6.45) is 2.00. The van der Waals surface area contributed by atoms with E-state index in [0.29, 0.717) is 38.1 Å². The Morgan fingerprint density at radius 3 is 2.45 bits per heavy atom. The SMILES string of the molecule is CC(C)(C)[Si](C)(C)O[C@@H](CNCC1(O)CCN(CCOCCc2ccccc2)CC1)c1ccc(O)c2[nH]c(=O)ccc12. The summed E-state index contributed by atoms with van der Waals surface area (Å²) < 4.78 is 12.8. The minimum absolute atomic E-state index is 0.00256. The maximum atomic E-state index is 12.0. The number of likely N-dealkylation sites (tertiary alicyclic amines) is 1. The Labute approximate surface area is 251 Å². The molecular formula is C33H49N3O5Si. The molecule has 8 nitrogen and oxygen atoms in total. The molecule has 4 N–H and O–H groups in total. The van der Waals surface area contributed by atoms with E-state index in [0.717, 1.165) is 43.6 Å². The first-order chi connectivity index (χ1) is 19.9. The molecule has 42 heavy (non-hydrogen) atoms.